The first-order chi connectivity index (χ1) is 9.35. The van der Waals surface area contributed by atoms with E-state index in [0.717, 1.165) is 16.2 Å². The smallest absolute Gasteiger partial charge is 0.382 e. The van der Waals surface area contributed by atoms with Crippen LogP contribution in [0.5, 0.6) is 0 Å². The molecule has 0 atom stereocenters. The summed E-state index contributed by atoms with van der Waals surface area (Å²) < 4.78 is 43.3. The Balaban J connectivity index is 2.71. The van der Waals surface area contributed by atoms with Crippen LogP contribution in [0, 0.1) is 0 Å². The molecule has 1 amide bonds. The Bertz CT molecular complexity index is 437. The van der Waals surface area contributed by atoms with Crippen LogP contribution < -0.4 is 0 Å². The minimum atomic E-state index is -4.41. The standard InChI is InChI=1S/C12H15BrF3NO2S/c1-2-19-6-3-5-17(8-12(14,15)16)11(18)10-9(13)4-7-20-10/h4,7H,2-3,5-6,8H2,1H3. The molecule has 0 aromatic carbocycles. The molecule has 1 heterocycles. The second kappa shape index (κ2) is 7.99. The van der Waals surface area contributed by atoms with Crippen LogP contribution in [0.1, 0.15) is 23.0 Å². The Labute approximate surface area is 127 Å². The van der Waals surface area contributed by atoms with Crippen molar-refractivity contribution in [2.24, 2.45) is 0 Å². The first-order valence-corrected chi connectivity index (χ1v) is 7.69. The van der Waals surface area contributed by atoms with E-state index in [4.69, 9.17) is 4.74 Å². The van der Waals surface area contributed by atoms with Gasteiger partial charge in [-0.25, -0.2) is 0 Å². The van der Waals surface area contributed by atoms with E-state index < -0.39 is 18.6 Å². The van der Waals surface area contributed by atoms with Gasteiger partial charge in [0.2, 0.25) is 0 Å². The number of hydrogen-bond acceptors (Lipinski definition) is 3. The highest BCUT2D eigenvalue weighted by Gasteiger charge is 2.33. The fourth-order valence-electron chi connectivity index (χ4n) is 1.56. The number of hydrogen-bond donors (Lipinski definition) is 0. The van der Waals surface area contributed by atoms with Crippen LogP contribution in [-0.2, 0) is 4.74 Å². The summed E-state index contributed by atoms with van der Waals surface area (Å²) in [6, 6.07) is 1.64. The van der Waals surface area contributed by atoms with Gasteiger partial charge in [0.25, 0.3) is 5.91 Å². The normalized spacial score (nSPS) is 11.7. The second-order valence-electron chi connectivity index (χ2n) is 3.99. The average Bonchev–Trinajstić information content (AvgIpc) is 2.77. The van der Waals surface area contributed by atoms with E-state index in [0.29, 0.717) is 24.1 Å². The molecule has 114 valence electrons. The molecule has 20 heavy (non-hydrogen) atoms. The van der Waals surface area contributed by atoms with E-state index in [-0.39, 0.29) is 11.4 Å². The van der Waals surface area contributed by atoms with Crippen molar-refractivity contribution in [3.8, 4) is 0 Å². The van der Waals surface area contributed by atoms with Gasteiger partial charge in [0, 0.05) is 24.2 Å². The van der Waals surface area contributed by atoms with Crippen molar-refractivity contribution < 1.29 is 22.7 Å². The number of amides is 1. The lowest BCUT2D eigenvalue weighted by Crippen LogP contribution is -2.39. The maximum absolute atomic E-state index is 12.6. The number of alkyl halides is 3. The number of carbonyl (C=O) groups is 1. The monoisotopic (exact) mass is 373 g/mol. The number of halogens is 4. The van der Waals surface area contributed by atoms with Gasteiger partial charge in [-0.3, -0.25) is 4.79 Å². The summed E-state index contributed by atoms with van der Waals surface area (Å²) in [6.07, 6.45) is -4.04. The first kappa shape index (κ1) is 17.5. The zero-order chi connectivity index (χ0) is 15.2. The molecule has 0 bridgehead atoms. The molecule has 0 aliphatic carbocycles. The zero-order valence-corrected chi connectivity index (χ0v) is 13.3. The highest BCUT2D eigenvalue weighted by atomic mass is 79.9. The maximum atomic E-state index is 12.6. The Morgan fingerprint density at radius 1 is 1.50 bits per heavy atom. The van der Waals surface area contributed by atoms with Crippen LogP contribution in [0.3, 0.4) is 0 Å². The minimum absolute atomic E-state index is 0.0166. The maximum Gasteiger partial charge on any atom is 0.406 e. The van der Waals surface area contributed by atoms with E-state index in [1.165, 1.54) is 0 Å². The van der Waals surface area contributed by atoms with Crippen molar-refractivity contribution in [2.75, 3.05) is 26.3 Å². The molecule has 0 saturated heterocycles. The highest BCUT2D eigenvalue weighted by Crippen LogP contribution is 2.26. The molecule has 0 radical (unpaired) electrons. The third-order valence-corrected chi connectivity index (χ3v) is 4.22. The fourth-order valence-corrected chi connectivity index (χ4v) is 3.07. The van der Waals surface area contributed by atoms with Crippen LogP contribution in [-0.4, -0.2) is 43.3 Å². The van der Waals surface area contributed by atoms with Gasteiger partial charge in [0.05, 0.1) is 0 Å². The summed E-state index contributed by atoms with van der Waals surface area (Å²) in [6.45, 7) is 1.42. The molecule has 0 fully saturated rings. The van der Waals surface area contributed by atoms with Gasteiger partial charge in [0.15, 0.2) is 0 Å². The number of rotatable bonds is 7. The van der Waals surface area contributed by atoms with Gasteiger partial charge < -0.3 is 9.64 Å². The van der Waals surface area contributed by atoms with Crippen molar-refractivity contribution in [1.29, 1.82) is 0 Å². The van der Waals surface area contributed by atoms with Crippen molar-refractivity contribution in [2.45, 2.75) is 19.5 Å². The predicted molar refractivity (Wildman–Crippen MR) is 75.1 cm³/mol. The van der Waals surface area contributed by atoms with Crippen LogP contribution in [0.2, 0.25) is 0 Å². The number of ether oxygens (including phenoxy) is 1. The molecule has 0 N–H and O–H groups in total. The number of carbonyl (C=O) groups excluding carboxylic acids is 1. The SMILES string of the molecule is CCOCCCN(CC(F)(F)F)C(=O)c1sccc1Br. The average molecular weight is 374 g/mol. The van der Waals surface area contributed by atoms with Crippen molar-refractivity contribution in [3.05, 3.63) is 20.8 Å². The topological polar surface area (TPSA) is 29.5 Å². The summed E-state index contributed by atoms with van der Waals surface area (Å²) in [5, 5.41) is 1.66. The molecular formula is C12H15BrF3NO2S. The first-order valence-electron chi connectivity index (χ1n) is 6.02. The number of nitrogens with zero attached hydrogens (tertiary/aromatic N) is 1. The Morgan fingerprint density at radius 2 is 2.20 bits per heavy atom. The van der Waals surface area contributed by atoms with Gasteiger partial charge in [0.1, 0.15) is 11.4 Å². The molecule has 8 heteroatoms. The molecule has 3 nitrogen and oxygen atoms in total. The van der Waals surface area contributed by atoms with Crippen molar-refractivity contribution in [1.82, 2.24) is 4.90 Å². The van der Waals surface area contributed by atoms with E-state index in [2.05, 4.69) is 15.9 Å². The van der Waals surface area contributed by atoms with E-state index in [1.54, 1.807) is 18.4 Å². The molecule has 0 aliphatic rings. The summed E-state index contributed by atoms with van der Waals surface area (Å²) in [7, 11) is 0. The highest BCUT2D eigenvalue weighted by molar-refractivity contribution is 9.10. The molecular weight excluding hydrogens is 359 g/mol. The molecule has 1 rings (SSSR count). The van der Waals surface area contributed by atoms with Crippen LogP contribution in [0.15, 0.2) is 15.9 Å². The lowest BCUT2D eigenvalue weighted by atomic mass is 10.3. The third kappa shape index (κ3) is 5.80. The van der Waals surface area contributed by atoms with Crippen LogP contribution in [0.25, 0.3) is 0 Å². The number of thiophene rings is 1. The van der Waals surface area contributed by atoms with E-state index in [9.17, 15) is 18.0 Å². The van der Waals surface area contributed by atoms with Gasteiger partial charge in [-0.1, -0.05) is 0 Å². The molecule has 0 saturated carbocycles. The second-order valence-corrected chi connectivity index (χ2v) is 5.76. The van der Waals surface area contributed by atoms with Gasteiger partial charge >= 0.3 is 6.18 Å². The van der Waals surface area contributed by atoms with Crippen LogP contribution in [0.4, 0.5) is 13.2 Å². The molecule has 0 spiro atoms. The van der Waals surface area contributed by atoms with Gasteiger partial charge in [-0.15, -0.1) is 11.3 Å². The largest absolute Gasteiger partial charge is 0.406 e. The molecule has 0 unspecified atom stereocenters. The van der Waals surface area contributed by atoms with Crippen molar-refractivity contribution in [3.63, 3.8) is 0 Å². The quantitative estimate of drug-likeness (QED) is 0.677. The fraction of sp³-hybridized carbons (Fsp3) is 0.583. The third-order valence-electron chi connectivity index (χ3n) is 2.39. The van der Waals surface area contributed by atoms with Crippen LogP contribution >= 0.6 is 27.3 Å². The Kier molecular flexibility index (Phi) is 6.97. The zero-order valence-electron chi connectivity index (χ0n) is 10.9. The summed E-state index contributed by atoms with van der Waals surface area (Å²) in [5.74, 6) is -0.610. The molecule has 1 aromatic rings. The molecule has 0 aliphatic heterocycles. The van der Waals surface area contributed by atoms with Crippen molar-refractivity contribution >= 4 is 33.2 Å². The minimum Gasteiger partial charge on any atom is -0.382 e. The van der Waals surface area contributed by atoms with Gasteiger partial charge in [-0.2, -0.15) is 13.2 Å². The predicted octanol–water partition coefficient (Wildman–Crippen LogP) is 3.94. The lowest BCUT2D eigenvalue weighted by Gasteiger charge is -2.23. The summed E-state index contributed by atoms with van der Waals surface area (Å²) >= 11 is 4.28. The summed E-state index contributed by atoms with van der Waals surface area (Å²) in [4.78, 5) is 13.2. The van der Waals surface area contributed by atoms with E-state index >= 15 is 0 Å². The van der Waals surface area contributed by atoms with E-state index in [1.807, 2.05) is 0 Å². The molecule has 1 aromatic heterocycles. The summed E-state index contributed by atoms with van der Waals surface area (Å²) in [5.41, 5.74) is 0. The Morgan fingerprint density at radius 3 is 2.70 bits per heavy atom. The Hall–Kier alpha value is -0.600. The van der Waals surface area contributed by atoms with Gasteiger partial charge in [-0.05, 0) is 40.7 Å². The lowest BCUT2D eigenvalue weighted by molar-refractivity contribution is -0.141.